The molecule has 0 saturated heterocycles. The van der Waals surface area contributed by atoms with Crippen molar-refractivity contribution >= 4 is 40.4 Å². The van der Waals surface area contributed by atoms with Gasteiger partial charge in [-0.1, -0.05) is 6.07 Å². The standard InChI is InChI=1S/C23H22N4O7S/c1-33-18-12-16(17(27(31)32)13-19(18)34-2)22(29)26-15-7-5-14(6-8-15)21(28)24-9-10-25-23(30)20-4-3-11-35-20/h3-8,11-13H,9-10H2,1-2H3,(H,24,28)(H,25,30)(H,26,29). The molecule has 12 heteroatoms. The molecule has 182 valence electrons. The van der Waals surface area contributed by atoms with Gasteiger partial charge in [0.2, 0.25) is 0 Å². The minimum atomic E-state index is -0.726. The average molecular weight is 499 g/mol. The first kappa shape index (κ1) is 25.2. The van der Waals surface area contributed by atoms with E-state index in [1.807, 2.05) is 0 Å². The van der Waals surface area contributed by atoms with Gasteiger partial charge < -0.3 is 25.4 Å². The first-order valence-corrected chi connectivity index (χ1v) is 11.1. The molecule has 0 unspecified atom stereocenters. The van der Waals surface area contributed by atoms with Crippen molar-refractivity contribution in [3.63, 3.8) is 0 Å². The van der Waals surface area contributed by atoms with Gasteiger partial charge in [-0.15, -0.1) is 11.3 Å². The zero-order valence-electron chi connectivity index (χ0n) is 18.8. The van der Waals surface area contributed by atoms with E-state index in [2.05, 4.69) is 16.0 Å². The minimum absolute atomic E-state index is 0.122. The second-order valence-electron chi connectivity index (χ2n) is 7.00. The second-order valence-corrected chi connectivity index (χ2v) is 7.95. The van der Waals surface area contributed by atoms with Gasteiger partial charge in [-0.3, -0.25) is 24.5 Å². The summed E-state index contributed by atoms with van der Waals surface area (Å²) in [5.74, 6) is -0.997. The molecule has 3 N–H and O–H groups in total. The van der Waals surface area contributed by atoms with E-state index in [0.29, 0.717) is 16.1 Å². The monoisotopic (exact) mass is 498 g/mol. The topological polar surface area (TPSA) is 149 Å². The number of rotatable bonds is 10. The molecule has 0 atom stereocenters. The van der Waals surface area contributed by atoms with Crippen molar-refractivity contribution in [2.24, 2.45) is 0 Å². The molecule has 3 amide bonds. The van der Waals surface area contributed by atoms with Gasteiger partial charge in [0.15, 0.2) is 11.5 Å². The fourth-order valence-corrected chi connectivity index (χ4v) is 3.69. The summed E-state index contributed by atoms with van der Waals surface area (Å²) >= 11 is 1.33. The number of nitrogens with zero attached hydrogens (tertiary/aromatic N) is 1. The van der Waals surface area contributed by atoms with Crippen LogP contribution >= 0.6 is 11.3 Å². The number of hydrogen-bond acceptors (Lipinski definition) is 8. The molecule has 1 heterocycles. The quantitative estimate of drug-likeness (QED) is 0.221. The lowest BCUT2D eigenvalue weighted by atomic mass is 10.1. The summed E-state index contributed by atoms with van der Waals surface area (Å²) in [5.41, 5.74) is 0.0184. The van der Waals surface area contributed by atoms with Crippen LogP contribution in [0.15, 0.2) is 53.9 Å². The first-order chi connectivity index (χ1) is 16.8. The van der Waals surface area contributed by atoms with E-state index < -0.39 is 16.5 Å². The number of nitrogens with one attached hydrogen (secondary N) is 3. The van der Waals surface area contributed by atoms with E-state index in [4.69, 9.17) is 9.47 Å². The predicted octanol–water partition coefficient (Wildman–Crippen LogP) is 3.09. The highest BCUT2D eigenvalue weighted by Crippen LogP contribution is 2.34. The van der Waals surface area contributed by atoms with Crippen LogP contribution in [0, 0.1) is 10.1 Å². The summed E-state index contributed by atoms with van der Waals surface area (Å²) in [6, 6.07) is 11.8. The SMILES string of the molecule is COc1cc(C(=O)Nc2ccc(C(=O)NCCNC(=O)c3cccs3)cc2)c([N+](=O)[O-])cc1OC. The van der Waals surface area contributed by atoms with Gasteiger partial charge in [-0.25, -0.2) is 0 Å². The zero-order chi connectivity index (χ0) is 25.4. The number of nitro groups is 1. The maximum absolute atomic E-state index is 12.7. The van der Waals surface area contributed by atoms with Crippen molar-refractivity contribution in [1.29, 1.82) is 0 Å². The first-order valence-electron chi connectivity index (χ1n) is 10.3. The van der Waals surface area contributed by atoms with Crippen LogP contribution in [0.25, 0.3) is 0 Å². The molecule has 0 radical (unpaired) electrons. The molecule has 0 bridgehead atoms. The van der Waals surface area contributed by atoms with Crippen molar-refractivity contribution in [2.75, 3.05) is 32.6 Å². The van der Waals surface area contributed by atoms with Gasteiger partial charge in [0, 0.05) is 30.4 Å². The number of nitro benzene ring substituents is 1. The number of hydrogen-bond donors (Lipinski definition) is 3. The van der Waals surface area contributed by atoms with E-state index in [9.17, 15) is 24.5 Å². The Hall–Kier alpha value is -4.45. The Bertz CT molecular complexity index is 1230. The van der Waals surface area contributed by atoms with Crippen molar-refractivity contribution in [1.82, 2.24) is 10.6 Å². The molecule has 1 aromatic heterocycles. The molecule has 0 aliphatic rings. The summed E-state index contributed by atoms with van der Waals surface area (Å²) < 4.78 is 10.2. The van der Waals surface area contributed by atoms with Crippen molar-refractivity contribution in [3.8, 4) is 11.5 Å². The third kappa shape index (κ3) is 6.32. The summed E-state index contributed by atoms with van der Waals surface area (Å²) in [6.45, 7) is 0.498. The maximum Gasteiger partial charge on any atom is 0.286 e. The van der Waals surface area contributed by atoms with Crippen molar-refractivity contribution < 1.29 is 28.8 Å². The summed E-state index contributed by atoms with van der Waals surface area (Å²) in [4.78, 5) is 48.2. The Labute approximate surface area is 204 Å². The van der Waals surface area contributed by atoms with Gasteiger partial charge in [0.05, 0.1) is 30.1 Å². The van der Waals surface area contributed by atoms with Gasteiger partial charge in [0.25, 0.3) is 23.4 Å². The fourth-order valence-electron chi connectivity index (χ4n) is 3.05. The molecule has 11 nitrogen and oxygen atoms in total. The van der Waals surface area contributed by atoms with Gasteiger partial charge in [-0.2, -0.15) is 0 Å². The van der Waals surface area contributed by atoms with Crippen molar-refractivity contribution in [2.45, 2.75) is 0 Å². The molecule has 2 aromatic carbocycles. The minimum Gasteiger partial charge on any atom is -0.493 e. The third-order valence-electron chi connectivity index (χ3n) is 4.79. The highest BCUT2D eigenvalue weighted by molar-refractivity contribution is 7.12. The van der Waals surface area contributed by atoms with Crippen LogP contribution in [0.1, 0.15) is 30.4 Å². The maximum atomic E-state index is 12.7. The van der Waals surface area contributed by atoms with E-state index in [1.165, 1.54) is 55.9 Å². The van der Waals surface area contributed by atoms with Gasteiger partial charge in [-0.05, 0) is 35.7 Å². The van der Waals surface area contributed by atoms with E-state index >= 15 is 0 Å². The molecule has 3 aromatic rings. The van der Waals surface area contributed by atoms with Crippen LogP contribution in [0.3, 0.4) is 0 Å². The van der Waals surface area contributed by atoms with E-state index in [1.54, 1.807) is 17.5 Å². The molecule has 0 saturated carbocycles. The Balaban J connectivity index is 1.59. The zero-order valence-corrected chi connectivity index (χ0v) is 19.6. The highest BCUT2D eigenvalue weighted by atomic mass is 32.1. The van der Waals surface area contributed by atoms with Crippen LogP contribution in [0.5, 0.6) is 11.5 Å². The molecule has 0 fully saturated rings. The van der Waals surface area contributed by atoms with E-state index in [-0.39, 0.29) is 42.0 Å². The number of carbonyl (C=O) groups excluding carboxylic acids is 3. The second kappa shape index (κ2) is 11.6. The van der Waals surface area contributed by atoms with Crippen LogP contribution < -0.4 is 25.4 Å². The number of methoxy groups -OCH3 is 2. The Morgan fingerprint density at radius 3 is 2.11 bits per heavy atom. The molecule has 3 rings (SSSR count). The third-order valence-corrected chi connectivity index (χ3v) is 5.66. The molecule has 0 aliphatic heterocycles. The van der Waals surface area contributed by atoms with Crippen molar-refractivity contribution in [3.05, 3.63) is 80.0 Å². The Morgan fingerprint density at radius 1 is 0.914 bits per heavy atom. The number of ether oxygens (including phenoxy) is 2. The smallest absolute Gasteiger partial charge is 0.286 e. The largest absolute Gasteiger partial charge is 0.493 e. The highest BCUT2D eigenvalue weighted by Gasteiger charge is 2.24. The number of amides is 3. The van der Waals surface area contributed by atoms with Crippen LogP contribution in [0.2, 0.25) is 0 Å². The summed E-state index contributed by atoms with van der Waals surface area (Å²) in [5, 5.41) is 21.2. The molecular weight excluding hydrogens is 476 g/mol. The Morgan fingerprint density at radius 2 is 1.54 bits per heavy atom. The van der Waals surface area contributed by atoms with Crippen LogP contribution in [0.4, 0.5) is 11.4 Å². The lowest BCUT2D eigenvalue weighted by Gasteiger charge is -2.11. The van der Waals surface area contributed by atoms with Gasteiger partial charge in [0.1, 0.15) is 5.56 Å². The molecule has 35 heavy (non-hydrogen) atoms. The number of anilines is 1. The summed E-state index contributed by atoms with van der Waals surface area (Å²) in [7, 11) is 2.69. The van der Waals surface area contributed by atoms with Gasteiger partial charge >= 0.3 is 0 Å². The van der Waals surface area contributed by atoms with Crippen LogP contribution in [-0.4, -0.2) is 50.0 Å². The Kier molecular flexibility index (Phi) is 8.35. The number of benzene rings is 2. The fraction of sp³-hybridized carbons (Fsp3) is 0.174. The predicted molar refractivity (Wildman–Crippen MR) is 130 cm³/mol. The summed E-state index contributed by atoms with van der Waals surface area (Å²) in [6.07, 6.45) is 0. The molecule has 0 spiro atoms. The number of carbonyl (C=O) groups is 3. The number of thiophene rings is 1. The normalized spacial score (nSPS) is 10.2. The lowest BCUT2D eigenvalue weighted by molar-refractivity contribution is -0.385. The molecule has 0 aliphatic carbocycles. The average Bonchev–Trinajstić information content (AvgIpc) is 3.41. The molecular formula is C23H22N4O7S. The van der Waals surface area contributed by atoms with E-state index in [0.717, 1.165) is 6.07 Å². The van der Waals surface area contributed by atoms with Crippen LogP contribution in [-0.2, 0) is 0 Å². The lowest BCUT2D eigenvalue weighted by Crippen LogP contribution is -2.34.